The van der Waals surface area contributed by atoms with Gasteiger partial charge in [-0.15, -0.1) is 0 Å². The summed E-state index contributed by atoms with van der Waals surface area (Å²) in [4.78, 5) is 16.1. The van der Waals surface area contributed by atoms with E-state index in [1.807, 2.05) is 0 Å². The fourth-order valence-corrected chi connectivity index (χ4v) is 3.99. The molecule has 10 heteroatoms. The number of fused-ring (bicyclic) bond motifs is 3. The lowest BCUT2D eigenvalue weighted by atomic mass is 10.1. The quantitative estimate of drug-likeness (QED) is 0.533. The van der Waals surface area contributed by atoms with Gasteiger partial charge in [-0.25, -0.2) is 14.1 Å². The molecular formula is C16H10F4N4OS. The van der Waals surface area contributed by atoms with Crippen molar-refractivity contribution >= 4 is 22.4 Å². The predicted octanol–water partition coefficient (Wildman–Crippen LogP) is 4.02. The molecule has 1 N–H and O–H groups in total. The molecule has 0 fully saturated rings. The van der Waals surface area contributed by atoms with Crippen molar-refractivity contribution in [2.24, 2.45) is 0 Å². The molecule has 2 aromatic heterocycles. The molecule has 0 atom stereocenters. The van der Waals surface area contributed by atoms with Gasteiger partial charge < -0.3 is 5.32 Å². The summed E-state index contributed by atoms with van der Waals surface area (Å²) in [6.45, 7) is 1.34. The van der Waals surface area contributed by atoms with E-state index in [1.54, 1.807) is 0 Å². The van der Waals surface area contributed by atoms with Gasteiger partial charge in [0.05, 0.1) is 33.7 Å². The number of alkyl halides is 3. The second-order valence-corrected chi connectivity index (χ2v) is 6.74. The van der Waals surface area contributed by atoms with Gasteiger partial charge in [-0.3, -0.25) is 4.79 Å². The zero-order valence-corrected chi connectivity index (χ0v) is 14.0. The molecule has 0 bridgehead atoms. The third-order valence-electron chi connectivity index (χ3n) is 3.89. The zero-order valence-electron chi connectivity index (χ0n) is 13.2. The van der Waals surface area contributed by atoms with Gasteiger partial charge in [0.15, 0.2) is 5.13 Å². The molecular weight excluding hydrogens is 372 g/mol. The Morgan fingerprint density at radius 1 is 1.35 bits per heavy atom. The molecule has 0 saturated carbocycles. The summed E-state index contributed by atoms with van der Waals surface area (Å²) in [5, 5.41) is 6.95. The monoisotopic (exact) mass is 382 g/mol. The van der Waals surface area contributed by atoms with Crippen LogP contribution in [-0.4, -0.2) is 20.7 Å². The summed E-state index contributed by atoms with van der Waals surface area (Å²) in [7, 11) is 0. The van der Waals surface area contributed by atoms with Gasteiger partial charge in [0.25, 0.3) is 0 Å². The van der Waals surface area contributed by atoms with Crippen LogP contribution in [0.3, 0.4) is 0 Å². The molecule has 26 heavy (non-hydrogen) atoms. The van der Waals surface area contributed by atoms with Crippen molar-refractivity contribution in [2.75, 3.05) is 5.32 Å². The fourth-order valence-electron chi connectivity index (χ4n) is 2.90. The largest absolute Gasteiger partial charge is 0.418 e. The first-order valence-electron chi connectivity index (χ1n) is 7.45. The highest BCUT2D eigenvalue weighted by molar-refractivity contribution is 7.19. The number of thiazole rings is 1. The van der Waals surface area contributed by atoms with Gasteiger partial charge in [0, 0.05) is 25.0 Å². The van der Waals surface area contributed by atoms with Crippen molar-refractivity contribution < 1.29 is 22.4 Å². The highest BCUT2D eigenvalue weighted by Crippen LogP contribution is 2.44. The average molecular weight is 382 g/mol. The smallest absolute Gasteiger partial charge is 0.302 e. The number of anilines is 1. The molecule has 0 aliphatic heterocycles. The maximum Gasteiger partial charge on any atom is 0.418 e. The molecule has 0 radical (unpaired) electrons. The van der Waals surface area contributed by atoms with Crippen molar-refractivity contribution in [1.82, 2.24) is 14.8 Å². The molecule has 0 saturated heterocycles. The average Bonchev–Trinajstić information content (AvgIpc) is 3.15. The minimum absolute atomic E-state index is 0.296. The van der Waals surface area contributed by atoms with Crippen LogP contribution in [0.2, 0.25) is 0 Å². The van der Waals surface area contributed by atoms with Crippen molar-refractivity contribution in [1.29, 1.82) is 0 Å². The van der Waals surface area contributed by atoms with E-state index < -0.39 is 17.6 Å². The Labute approximate surface area is 148 Å². The van der Waals surface area contributed by atoms with E-state index in [4.69, 9.17) is 0 Å². The third-order valence-corrected chi connectivity index (χ3v) is 4.91. The van der Waals surface area contributed by atoms with E-state index in [1.165, 1.54) is 13.1 Å². The number of aromatic nitrogens is 3. The minimum Gasteiger partial charge on any atom is -0.302 e. The van der Waals surface area contributed by atoms with Crippen LogP contribution >= 0.6 is 11.3 Å². The molecule has 1 aliphatic rings. The third kappa shape index (κ3) is 2.66. The van der Waals surface area contributed by atoms with Crippen LogP contribution in [0.25, 0.3) is 16.3 Å². The Kier molecular flexibility index (Phi) is 3.62. The Balaban J connectivity index is 1.88. The minimum atomic E-state index is -4.65. The van der Waals surface area contributed by atoms with E-state index in [0.29, 0.717) is 39.4 Å². The lowest BCUT2D eigenvalue weighted by Gasteiger charge is -2.14. The summed E-state index contributed by atoms with van der Waals surface area (Å²) in [5.41, 5.74) is 0.409. The standard InChI is InChI=1S/C16H10F4N4OS/c1-7(25)22-15-23-11-4-8-6-21-24(13(8)14(11)26-15)12-5-9(17)2-3-10(12)16(18,19)20/h2-3,5-6H,4H2,1H3,(H,22,23,25). The van der Waals surface area contributed by atoms with Crippen molar-refractivity contribution in [3.05, 3.63) is 47.0 Å². The number of nitrogens with zero attached hydrogens (tertiary/aromatic N) is 3. The molecule has 5 nitrogen and oxygen atoms in total. The van der Waals surface area contributed by atoms with Crippen LogP contribution in [0.15, 0.2) is 24.4 Å². The fraction of sp³-hybridized carbons (Fsp3) is 0.188. The van der Waals surface area contributed by atoms with Crippen LogP contribution in [0.1, 0.15) is 23.7 Å². The Hall–Kier alpha value is -2.75. The number of amides is 1. The number of hydrogen-bond donors (Lipinski definition) is 1. The topological polar surface area (TPSA) is 59.8 Å². The molecule has 2 heterocycles. The van der Waals surface area contributed by atoms with E-state index in [0.717, 1.165) is 28.2 Å². The Bertz CT molecular complexity index is 1040. The van der Waals surface area contributed by atoms with Crippen LogP contribution in [-0.2, 0) is 17.4 Å². The van der Waals surface area contributed by atoms with Gasteiger partial charge >= 0.3 is 6.18 Å². The van der Waals surface area contributed by atoms with Gasteiger partial charge in [0.1, 0.15) is 5.82 Å². The van der Waals surface area contributed by atoms with E-state index in [-0.39, 0.29) is 11.6 Å². The van der Waals surface area contributed by atoms with Crippen molar-refractivity contribution in [3.8, 4) is 16.3 Å². The highest BCUT2D eigenvalue weighted by Gasteiger charge is 2.36. The summed E-state index contributed by atoms with van der Waals surface area (Å²) in [6, 6.07) is 2.27. The van der Waals surface area contributed by atoms with Gasteiger partial charge in [-0.2, -0.15) is 18.3 Å². The predicted molar refractivity (Wildman–Crippen MR) is 86.7 cm³/mol. The lowest BCUT2D eigenvalue weighted by molar-refractivity contribution is -0.137. The van der Waals surface area contributed by atoms with Gasteiger partial charge in [-0.1, -0.05) is 11.3 Å². The molecule has 4 rings (SSSR count). The van der Waals surface area contributed by atoms with Crippen LogP contribution in [0, 0.1) is 5.82 Å². The normalized spacial score (nSPS) is 12.8. The Morgan fingerprint density at radius 3 is 2.81 bits per heavy atom. The molecule has 3 aromatic rings. The lowest BCUT2D eigenvalue weighted by Crippen LogP contribution is -2.12. The highest BCUT2D eigenvalue weighted by atomic mass is 32.1. The number of hydrogen-bond acceptors (Lipinski definition) is 4. The summed E-state index contributed by atoms with van der Waals surface area (Å²) >= 11 is 1.15. The first-order valence-corrected chi connectivity index (χ1v) is 8.27. The molecule has 1 amide bonds. The Morgan fingerprint density at radius 2 is 2.12 bits per heavy atom. The number of carbonyl (C=O) groups excluding carboxylic acids is 1. The second-order valence-electron chi connectivity index (χ2n) is 5.74. The second kappa shape index (κ2) is 5.63. The number of carbonyl (C=O) groups is 1. The number of rotatable bonds is 2. The first-order chi connectivity index (χ1) is 12.2. The van der Waals surface area contributed by atoms with Gasteiger partial charge in [0.2, 0.25) is 5.91 Å². The zero-order chi connectivity index (χ0) is 18.6. The van der Waals surface area contributed by atoms with Crippen molar-refractivity contribution in [3.63, 3.8) is 0 Å². The summed E-state index contributed by atoms with van der Waals surface area (Å²) < 4.78 is 54.8. The van der Waals surface area contributed by atoms with E-state index in [2.05, 4.69) is 15.4 Å². The molecule has 0 spiro atoms. The first kappa shape index (κ1) is 16.7. The van der Waals surface area contributed by atoms with Gasteiger partial charge in [-0.05, 0) is 12.1 Å². The van der Waals surface area contributed by atoms with Crippen LogP contribution in [0.4, 0.5) is 22.7 Å². The SMILES string of the molecule is CC(=O)Nc1nc2c(s1)-c1c(cnn1-c1cc(F)ccc1C(F)(F)F)C2. The maximum atomic E-state index is 13.7. The summed E-state index contributed by atoms with van der Waals surface area (Å²) in [6.07, 6.45) is -2.82. The molecule has 134 valence electrons. The number of nitrogens with one attached hydrogen (secondary N) is 1. The number of halogens is 4. The molecule has 0 unspecified atom stereocenters. The van der Waals surface area contributed by atoms with Crippen LogP contribution in [0.5, 0.6) is 0 Å². The summed E-state index contributed by atoms with van der Waals surface area (Å²) in [5.74, 6) is -1.09. The van der Waals surface area contributed by atoms with E-state index in [9.17, 15) is 22.4 Å². The molecule has 1 aromatic carbocycles. The van der Waals surface area contributed by atoms with Crippen LogP contribution < -0.4 is 5.32 Å². The maximum absolute atomic E-state index is 13.7. The van der Waals surface area contributed by atoms with Crippen molar-refractivity contribution in [2.45, 2.75) is 19.5 Å². The number of benzene rings is 1. The van der Waals surface area contributed by atoms with E-state index >= 15 is 0 Å². The molecule has 1 aliphatic carbocycles.